The predicted molar refractivity (Wildman–Crippen MR) is 158 cm³/mol. The van der Waals surface area contributed by atoms with Crippen molar-refractivity contribution in [1.29, 1.82) is 0 Å². The van der Waals surface area contributed by atoms with Gasteiger partial charge in [0.2, 0.25) is 5.91 Å². The van der Waals surface area contributed by atoms with Crippen molar-refractivity contribution >= 4 is 41.0 Å². The number of nitrogens with zero attached hydrogens (tertiary/aromatic N) is 3. The summed E-state index contributed by atoms with van der Waals surface area (Å²) in [5, 5.41) is 0.987. The topological polar surface area (TPSA) is 70.2 Å². The number of rotatable bonds is 10. The summed E-state index contributed by atoms with van der Waals surface area (Å²) >= 11 is 12.6. The van der Waals surface area contributed by atoms with Crippen molar-refractivity contribution in [1.82, 2.24) is 14.7 Å². The van der Waals surface area contributed by atoms with Gasteiger partial charge < -0.3 is 19.4 Å². The van der Waals surface area contributed by atoms with Crippen LogP contribution in [0.15, 0.2) is 48.5 Å². The van der Waals surface area contributed by atoms with E-state index < -0.39 is 5.54 Å². The molecule has 0 radical (unpaired) electrons. The van der Waals surface area contributed by atoms with E-state index >= 15 is 0 Å². The van der Waals surface area contributed by atoms with E-state index in [0.717, 1.165) is 31.4 Å². The molecule has 2 aromatic rings. The molecule has 40 heavy (non-hydrogen) atoms. The predicted octanol–water partition coefficient (Wildman–Crippen LogP) is 5.65. The molecule has 2 fully saturated rings. The molecule has 7 nitrogen and oxygen atoms in total. The molecule has 0 spiro atoms. The molecular weight excluding hydrogens is 549 g/mol. The van der Waals surface area contributed by atoms with Gasteiger partial charge in [-0.15, -0.1) is 0 Å². The van der Waals surface area contributed by atoms with Crippen LogP contribution in [0.2, 0.25) is 10.0 Å². The van der Waals surface area contributed by atoms with Crippen LogP contribution in [0.5, 0.6) is 0 Å². The largest absolute Gasteiger partial charge is 0.464 e. The molecule has 0 aliphatic carbocycles. The zero-order chi connectivity index (χ0) is 28.7. The SMILES string of the molecule is CCOC(=O)C1(N2CCCCC2=O)CCN(CCC(CN(C)C(=O)c2ccccc2)c2ccc(Cl)c(Cl)c2)CC1. The van der Waals surface area contributed by atoms with Crippen LogP contribution < -0.4 is 0 Å². The number of carbonyl (C=O) groups excluding carboxylic acids is 3. The van der Waals surface area contributed by atoms with Gasteiger partial charge in [0.25, 0.3) is 5.91 Å². The van der Waals surface area contributed by atoms with Crippen molar-refractivity contribution < 1.29 is 19.1 Å². The Morgan fingerprint density at radius 1 is 1.02 bits per heavy atom. The molecule has 1 atom stereocenters. The Morgan fingerprint density at radius 3 is 2.40 bits per heavy atom. The maximum absolute atomic E-state index is 13.2. The molecule has 2 aromatic carbocycles. The first-order valence-corrected chi connectivity index (χ1v) is 15.0. The number of piperidine rings is 2. The van der Waals surface area contributed by atoms with Gasteiger partial charge in [-0.2, -0.15) is 0 Å². The van der Waals surface area contributed by atoms with Crippen molar-refractivity contribution in [2.75, 3.05) is 46.4 Å². The average molecular weight is 589 g/mol. The third-order valence-corrected chi connectivity index (χ3v) is 8.99. The summed E-state index contributed by atoms with van der Waals surface area (Å²) in [7, 11) is 1.82. The van der Waals surface area contributed by atoms with E-state index in [1.54, 1.807) is 15.9 Å². The first-order chi connectivity index (χ1) is 19.2. The van der Waals surface area contributed by atoms with Gasteiger partial charge in [-0.25, -0.2) is 4.79 Å². The quantitative estimate of drug-likeness (QED) is 0.336. The second-order valence-corrected chi connectivity index (χ2v) is 11.6. The van der Waals surface area contributed by atoms with Gasteiger partial charge in [0.1, 0.15) is 5.54 Å². The van der Waals surface area contributed by atoms with Gasteiger partial charge in [0.05, 0.1) is 16.7 Å². The lowest BCUT2D eigenvalue weighted by Gasteiger charge is -2.48. The standard InChI is InChI=1S/C31H39Cl2N3O4/c1-3-40-30(39)31(36-17-8-7-11-28(36)37)15-19-35(20-16-31)18-14-25(24-12-13-26(32)27(33)21-24)22-34(2)29(38)23-9-5-4-6-10-23/h4-6,9-10,12-13,21,25H,3,7-8,11,14-20,22H2,1-2H3. The fourth-order valence-electron chi connectivity index (χ4n) is 5.94. The van der Waals surface area contributed by atoms with Crippen molar-refractivity contribution in [3.8, 4) is 0 Å². The Morgan fingerprint density at radius 2 is 1.75 bits per heavy atom. The summed E-state index contributed by atoms with van der Waals surface area (Å²) in [4.78, 5) is 45.0. The van der Waals surface area contributed by atoms with Crippen LogP contribution in [0.1, 0.15) is 67.3 Å². The van der Waals surface area contributed by atoms with Crippen LogP contribution in [0.25, 0.3) is 0 Å². The summed E-state index contributed by atoms with van der Waals surface area (Å²) in [5.74, 6) is -0.222. The van der Waals surface area contributed by atoms with Gasteiger partial charge in [-0.3, -0.25) is 9.59 Å². The number of likely N-dealkylation sites (tertiary alicyclic amines) is 2. The number of esters is 1. The van der Waals surface area contributed by atoms with Crippen LogP contribution in [0.3, 0.4) is 0 Å². The minimum Gasteiger partial charge on any atom is -0.464 e. The fraction of sp³-hybridized carbons (Fsp3) is 0.516. The molecular formula is C31H39Cl2N3O4. The zero-order valence-electron chi connectivity index (χ0n) is 23.4. The monoisotopic (exact) mass is 587 g/mol. The van der Waals surface area contributed by atoms with Crippen LogP contribution in [0, 0.1) is 0 Å². The summed E-state index contributed by atoms with van der Waals surface area (Å²) < 4.78 is 5.49. The lowest BCUT2D eigenvalue weighted by molar-refractivity contribution is -0.169. The van der Waals surface area contributed by atoms with E-state index in [4.69, 9.17) is 27.9 Å². The summed E-state index contributed by atoms with van der Waals surface area (Å²) in [6.07, 6.45) is 4.18. The number of ether oxygens (including phenoxy) is 1. The van der Waals surface area contributed by atoms with Gasteiger partial charge in [0, 0.05) is 51.1 Å². The number of hydrogen-bond donors (Lipinski definition) is 0. The molecule has 2 heterocycles. The molecule has 1 unspecified atom stereocenters. The first-order valence-electron chi connectivity index (χ1n) is 14.2. The lowest BCUT2D eigenvalue weighted by atomic mass is 9.83. The van der Waals surface area contributed by atoms with Crippen molar-refractivity contribution in [2.45, 2.75) is 56.9 Å². The third kappa shape index (κ3) is 6.99. The number of benzene rings is 2. The highest BCUT2D eigenvalue weighted by molar-refractivity contribution is 6.42. The normalized spacial score (nSPS) is 18.3. The first kappa shape index (κ1) is 30.4. The van der Waals surface area contributed by atoms with Gasteiger partial charge in [-0.05, 0) is 75.4 Å². The zero-order valence-corrected chi connectivity index (χ0v) is 24.9. The summed E-state index contributed by atoms with van der Waals surface area (Å²) in [6, 6.07) is 14.9. The Labute approximate surface area is 247 Å². The van der Waals surface area contributed by atoms with Crippen molar-refractivity contribution in [3.63, 3.8) is 0 Å². The van der Waals surface area contributed by atoms with E-state index in [0.29, 0.717) is 67.7 Å². The van der Waals surface area contributed by atoms with E-state index in [2.05, 4.69) is 4.90 Å². The maximum atomic E-state index is 13.2. The Hall–Kier alpha value is -2.61. The Balaban J connectivity index is 1.45. The highest BCUT2D eigenvalue weighted by atomic mass is 35.5. The van der Waals surface area contributed by atoms with Crippen LogP contribution >= 0.6 is 23.2 Å². The average Bonchev–Trinajstić information content (AvgIpc) is 2.97. The number of carbonyl (C=O) groups is 3. The molecule has 2 aliphatic heterocycles. The van der Waals surface area contributed by atoms with Gasteiger partial charge in [0.15, 0.2) is 0 Å². The molecule has 9 heteroatoms. The molecule has 2 aliphatic rings. The van der Waals surface area contributed by atoms with Crippen LogP contribution in [-0.2, 0) is 14.3 Å². The minimum atomic E-state index is -0.880. The second-order valence-electron chi connectivity index (χ2n) is 10.8. The van der Waals surface area contributed by atoms with Crippen molar-refractivity contribution in [2.24, 2.45) is 0 Å². The minimum absolute atomic E-state index is 0.0333. The number of hydrogen-bond acceptors (Lipinski definition) is 5. The van der Waals surface area contributed by atoms with E-state index in [9.17, 15) is 14.4 Å². The molecule has 0 saturated carbocycles. The number of amides is 2. The van der Waals surface area contributed by atoms with Crippen LogP contribution in [0.4, 0.5) is 0 Å². The molecule has 2 saturated heterocycles. The molecule has 4 rings (SSSR count). The van der Waals surface area contributed by atoms with E-state index in [-0.39, 0.29) is 23.7 Å². The van der Waals surface area contributed by atoms with E-state index in [1.807, 2.05) is 56.4 Å². The lowest BCUT2D eigenvalue weighted by Crippen LogP contribution is -2.63. The van der Waals surface area contributed by atoms with Gasteiger partial charge >= 0.3 is 5.97 Å². The molecule has 216 valence electrons. The Kier molecular flexibility index (Phi) is 10.5. The Bertz CT molecular complexity index is 1180. The smallest absolute Gasteiger partial charge is 0.332 e. The molecule has 0 aromatic heterocycles. The summed E-state index contributed by atoms with van der Waals surface area (Å²) in [6.45, 7) is 5.40. The highest BCUT2D eigenvalue weighted by Gasteiger charge is 2.49. The van der Waals surface area contributed by atoms with Crippen molar-refractivity contribution in [3.05, 3.63) is 69.7 Å². The third-order valence-electron chi connectivity index (χ3n) is 8.25. The second kappa shape index (κ2) is 13.8. The maximum Gasteiger partial charge on any atom is 0.332 e. The van der Waals surface area contributed by atoms with E-state index in [1.165, 1.54) is 0 Å². The number of likely N-dealkylation sites (N-methyl/N-ethyl adjacent to an activating group) is 1. The molecule has 2 amide bonds. The highest BCUT2D eigenvalue weighted by Crippen LogP contribution is 2.35. The fourth-order valence-corrected chi connectivity index (χ4v) is 6.24. The number of halogens is 2. The molecule has 0 N–H and O–H groups in total. The van der Waals surface area contributed by atoms with Crippen LogP contribution in [-0.4, -0.2) is 84.4 Å². The molecule has 0 bridgehead atoms. The van der Waals surface area contributed by atoms with Gasteiger partial charge in [-0.1, -0.05) is 47.5 Å². The summed E-state index contributed by atoms with van der Waals surface area (Å²) in [5.41, 5.74) is 0.797.